The maximum absolute atomic E-state index is 9.15. The highest BCUT2D eigenvalue weighted by molar-refractivity contribution is 5.82. The van der Waals surface area contributed by atoms with Gasteiger partial charge in [0.2, 0.25) is 0 Å². The number of pyridine rings is 1. The van der Waals surface area contributed by atoms with Crippen LogP contribution in [-0.4, -0.2) is 15.2 Å². The molecule has 0 atom stereocenters. The summed E-state index contributed by atoms with van der Waals surface area (Å²) in [5.74, 6) is 0. The molecule has 0 amide bonds. The minimum absolute atomic E-state index is 0.0317. The third kappa shape index (κ3) is 1.47. The van der Waals surface area contributed by atoms with Gasteiger partial charge in [-0.15, -0.1) is 0 Å². The normalized spacial score (nSPS) is 10.7. The van der Waals surface area contributed by atoms with Crippen molar-refractivity contribution in [1.82, 2.24) is 4.98 Å². The molecule has 2 rings (SSSR count). The van der Waals surface area contributed by atoms with Gasteiger partial charge in [0.15, 0.2) is 0 Å². The molecule has 0 spiro atoms. The van der Waals surface area contributed by atoms with Crippen LogP contribution in [0.1, 0.15) is 11.3 Å². The van der Waals surface area contributed by atoms with Gasteiger partial charge in [0, 0.05) is 5.39 Å². The van der Waals surface area contributed by atoms with Crippen LogP contribution >= 0.6 is 0 Å². The Morgan fingerprint density at radius 3 is 2.57 bits per heavy atom. The van der Waals surface area contributed by atoms with Crippen molar-refractivity contribution < 1.29 is 10.2 Å². The Balaban J connectivity index is 2.73. The lowest BCUT2D eigenvalue weighted by Crippen LogP contribution is -1.95. The minimum atomic E-state index is -0.0994. The molecular formula is C11H11NO2. The van der Waals surface area contributed by atoms with E-state index in [1.807, 2.05) is 24.3 Å². The van der Waals surface area contributed by atoms with Gasteiger partial charge in [0.25, 0.3) is 0 Å². The number of benzene rings is 1. The average Bonchev–Trinajstić information content (AvgIpc) is 2.27. The molecule has 3 nitrogen and oxygen atoms in total. The summed E-state index contributed by atoms with van der Waals surface area (Å²) >= 11 is 0. The fourth-order valence-corrected chi connectivity index (χ4v) is 1.52. The summed E-state index contributed by atoms with van der Waals surface area (Å²) in [7, 11) is 0. The van der Waals surface area contributed by atoms with E-state index in [0.29, 0.717) is 5.69 Å². The molecule has 2 aromatic rings. The number of hydrogen-bond acceptors (Lipinski definition) is 3. The number of fused-ring (bicyclic) bond motifs is 1. The number of nitrogens with zero attached hydrogens (tertiary/aromatic N) is 1. The monoisotopic (exact) mass is 189 g/mol. The van der Waals surface area contributed by atoms with Crippen LogP contribution in [0.25, 0.3) is 10.9 Å². The molecule has 1 heterocycles. The first-order valence-electron chi connectivity index (χ1n) is 4.44. The molecule has 0 aliphatic carbocycles. The van der Waals surface area contributed by atoms with Gasteiger partial charge in [-0.05, 0) is 17.7 Å². The molecule has 0 radical (unpaired) electrons. The quantitative estimate of drug-likeness (QED) is 0.746. The second-order valence-electron chi connectivity index (χ2n) is 3.11. The van der Waals surface area contributed by atoms with Crippen LogP contribution in [0.2, 0.25) is 0 Å². The van der Waals surface area contributed by atoms with Crippen molar-refractivity contribution in [3.05, 3.63) is 41.6 Å². The van der Waals surface area contributed by atoms with Gasteiger partial charge in [-0.25, -0.2) is 0 Å². The Bertz CT molecular complexity index is 454. The molecule has 0 bridgehead atoms. The number of para-hydroxylation sites is 1. The van der Waals surface area contributed by atoms with Gasteiger partial charge in [-0.2, -0.15) is 0 Å². The molecule has 2 N–H and O–H groups in total. The Kier molecular flexibility index (Phi) is 2.43. The Morgan fingerprint density at radius 2 is 1.86 bits per heavy atom. The van der Waals surface area contributed by atoms with E-state index in [0.717, 1.165) is 16.5 Å². The first-order valence-corrected chi connectivity index (χ1v) is 4.44. The Hall–Kier alpha value is -1.45. The predicted octanol–water partition coefficient (Wildman–Crippen LogP) is 1.22. The lowest BCUT2D eigenvalue weighted by atomic mass is 10.1. The van der Waals surface area contributed by atoms with Crippen molar-refractivity contribution in [2.24, 2.45) is 0 Å². The molecule has 3 heteroatoms. The number of hydrogen-bond donors (Lipinski definition) is 2. The molecule has 0 unspecified atom stereocenters. The number of aliphatic hydroxyl groups is 2. The highest BCUT2D eigenvalue weighted by Gasteiger charge is 2.03. The maximum Gasteiger partial charge on any atom is 0.0853 e. The van der Waals surface area contributed by atoms with Crippen LogP contribution < -0.4 is 0 Å². The summed E-state index contributed by atoms with van der Waals surface area (Å²) in [6, 6.07) is 9.30. The highest BCUT2D eigenvalue weighted by atomic mass is 16.3. The molecule has 0 saturated heterocycles. The summed E-state index contributed by atoms with van der Waals surface area (Å²) in [4.78, 5) is 4.24. The second-order valence-corrected chi connectivity index (χ2v) is 3.11. The summed E-state index contributed by atoms with van der Waals surface area (Å²) in [5, 5.41) is 19.1. The van der Waals surface area contributed by atoms with E-state index in [1.54, 1.807) is 6.07 Å². The van der Waals surface area contributed by atoms with E-state index in [-0.39, 0.29) is 13.2 Å². The fraction of sp³-hybridized carbons (Fsp3) is 0.182. The highest BCUT2D eigenvalue weighted by Crippen LogP contribution is 2.18. The Labute approximate surface area is 81.7 Å². The van der Waals surface area contributed by atoms with Crippen molar-refractivity contribution in [3.8, 4) is 0 Å². The lowest BCUT2D eigenvalue weighted by molar-refractivity contribution is 0.273. The van der Waals surface area contributed by atoms with Crippen molar-refractivity contribution in [2.45, 2.75) is 13.2 Å². The van der Waals surface area contributed by atoms with Gasteiger partial charge >= 0.3 is 0 Å². The summed E-state index contributed by atoms with van der Waals surface area (Å²) in [5.41, 5.74) is 2.20. The minimum Gasteiger partial charge on any atom is -0.392 e. The summed E-state index contributed by atoms with van der Waals surface area (Å²) < 4.78 is 0. The Morgan fingerprint density at radius 1 is 1.07 bits per heavy atom. The van der Waals surface area contributed by atoms with Gasteiger partial charge in [-0.3, -0.25) is 4.98 Å². The van der Waals surface area contributed by atoms with E-state index in [4.69, 9.17) is 10.2 Å². The van der Waals surface area contributed by atoms with E-state index in [9.17, 15) is 0 Å². The molecule has 0 saturated carbocycles. The maximum atomic E-state index is 9.15. The first kappa shape index (κ1) is 9.12. The van der Waals surface area contributed by atoms with Crippen LogP contribution in [-0.2, 0) is 13.2 Å². The summed E-state index contributed by atoms with van der Waals surface area (Å²) in [6.45, 7) is -0.131. The van der Waals surface area contributed by atoms with Gasteiger partial charge in [0.05, 0.1) is 24.4 Å². The number of aliphatic hydroxyl groups excluding tert-OH is 2. The predicted molar refractivity (Wildman–Crippen MR) is 53.6 cm³/mol. The van der Waals surface area contributed by atoms with Crippen LogP contribution in [0.15, 0.2) is 30.3 Å². The van der Waals surface area contributed by atoms with Gasteiger partial charge in [-0.1, -0.05) is 18.2 Å². The third-order valence-electron chi connectivity index (χ3n) is 2.19. The van der Waals surface area contributed by atoms with E-state index < -0.39 is 0 Å². The largest absolute Gasteiger partial charge is 0.392 e. The van der Waals surface area contributed by atoms with Crippen molar-refractivity contribution >= 4 is 10.9 Å². The SMILES string of the molecule is OCc1cc(CO)c2ccccc2n1. The average molecular weight is 189 g/mol. The third-order valence-corrected chi connectivity index (χ3v) is 2.19. The van der Waals surface area contributed by atoms with Crippen LogP contribution in [0.4, 0.5) is 0 Å². The van der Waals surface area contributed by atoms with Crippen LogP contribution in [0.3, 0.4) is 0 Å². The van der Waals surface area contributed by atoms with E-state index in [1.165, 1.54) is 0 Å². The summed E-state index contributed by atoms with van der Waals surface area (Å²) in [6.07, 6.45) is 0. The smallest absolute Gasteiger partial charge is 0.0853 e. The molecule has 0 aliphatic heterocycles. The van der Waals surface area contributed by atoms with E-state index in [2.05, 4.69) is 4.98 Å². The fourth-order valence-electron chi connectivity index (χ4n) is 1.52. The second kappa shape index (κ2) is 3.74. The van der Waals surface area contributed by atoms with Crippen molar-refractivity contribution in [2.75, 3.05) is 0 Å². The molecule has 1 aromatic carbocycles. The lowest BCUT2D eigenvalue weighted by Gasteiger charge is -2.05. The zero-order valence-corrected chi connectivity index (χ0v) is 7.64. The molecular weight excluding hydrogens is 178 g/mol. The number of rotatable bonds is 2. The molecule has 1 aromatic heterocycles. The van der Waals surface area contributed by atoms with Crippen LogP contribution in [0.5, 0.6) is 0 Å². The van der Waals surface area contributed by atoms with Crippen molar-refractivity contribution in [3.63, 3.8) is 0 Å². The molecule has 14 heavy (non-hydrogen) atoms. The first-order chi connectivity index (χ1) is 6.85. The number of aromatic nitrogens is 1. The van der Waals surface area contributed by atoms with Gasteiger partial charge in [0.1, 0.15) is 0 Å². The zero-order chi connectivity index (χ0) is 9.97. The van der Waals surface area contributed by atoms with E-state index >= 15 is 0 Å². The van der Waals surface area contributed by atoms with Crippen LogP contribution in [0, 0.1) is 0 Å². The van der Waals surface area contributed by atoms with Crippen molar-refractivity contribution in [1.29, 1.82) is 0 Å². The topological polar surface area (TPSA) is 53.4 Å². The molecule has 0 fully saturated rings. The molecule has 72 valence electrons. The molecule has 0 aliphatic rings. The zero-order valence-electron chi connectivity index (χ0n) is 7.64. The standard InChI is InChI=1S/C11H11NO2/c13-6-8-5-9(7-14)12-11-4-2-1-3-10(8)11/h1-5,13-14H,6-7H2. The van der Waals surface area contributed by atoms with Gasteiger partial charge < -0.3 is 10.2 Å².